The van der Waals surface area contributed by atoms with Gasteiger partial charge in [0.15, 0.2) is 8.07 Å². The van der Waals surface area contributed by atoms with Gasteiger partial charge in [-0.3, -0.25) is 9.13 Å². The standard InChI is InChI=1S/C66H44N4Si/c1-5-21-47(22-6-1)69-63-59-35-19-15-31-55(59)53-29-13-17-33-57(53)61(63)67-65(69)45-37-41-51(42-38-45)71(49-25-9-3-10-26-49,50-27-11-4-12-28-50)52-43-39-46(40-44-52)66-68-62-58-34-18-14-30-54(58)56-32-16-20-36-60(56)64(62)70(66)48-23-7-2-8-24-48/h1-44H. The van der Waals surface area contributed by atoms with Gasteiger partial charge < -0.3 is 0 Å². The van der Waals surface area contributed by atoms with E-state index < -0.39 is 8.07 Å². The molecule has 0 saturated heterocycles. The van der Waals surface area contributed by atoms with E-state index in [2.05, 4.69) is 276 Å². The monoisotopic (exact) mass is 920 g/mol. The first kappa shape index (κ1) is 40.9. The topological polar surface area (TPSA) is 35.6 Å². The van der Waals surface area contributed by atoms with Crippen molar-refractivity contribution in [1.29, 1.82) is 0 Å². The summed E-state index contributed by atoms with van der Waals surface area (Å²) in [5.41, 5.74) is 8.50. The van der Waals surface area contributed by atoms with Crippen molar-refractivity contribution in [2.24, 2.45) is 0 Å². The summed E-state index contributed by atoms with van der Waals surface area (Å²) in [5.74, 6) is 1.83. The molecule has 4 nitrogen and oxygen atoms in total. The van der Waals surface area contributed by atoms with Crippen molar-refractivity contribution >= 4 is 94.0 Å². The van der Waals surface area contributed by atoms with Gasteiger partial charge in [0, 0.05) is 44.0 Å². The Labute approximate surface area is 412 Å². The van der Waals surface area contributed by atoms with Crippen LogP contribution in [-0.2, 0) is 0 Å². The molecule has 332 valence electrons. The van der Waals surface area contributed by atoms with E-state index in [9.17, 15) is 0 Å². The highest BCUT2D eigenvalue weighted by molar-refractivity contribution is 7.19. The maximum absolute atomic E-state index is 5.59. The number of fused-ring (bicyclic) bond motifs is 12. The molecule has 0 radical (unpaired) electrons. The number of benzene rings is 12. The van der Waals surface area contributed by atoms with Crippen LogP contribution in [0.5, 0.6) is 0 Å². The predicted molar refractivity (Wildman–Crippen MR) is 300 cm³/mol. The number of hydrogen-bond acceptors (Lipinski definition) is 2. The molecule has 14 rings (SSSR count). The zero-order valence-corrected chi connectivity index (χ0v) is 39.7. The lowest BCUT2D eigenvalue weighted by molar-refractivity contribution is 1.11. The molecule has 0 bridgehead atoms. The van der Waals surface area contributed by atoms with Crippen molar-refractivity contribution in [3.63, 3.8) is 0 Å². The van der Waals surface area contributed by atoms with Crippen molar-refractivity contribution in [3.05, 3.63) is 267 Å². The number of hydrogen-bond donors (Lipinski definition) is 0. The molecule has 2 heterocycles. The minimum Gasteiger partial charge on any atom is -0.292 e. The van der Waals surface area contributed by atoms with Gasteiger partial charge in [0.1, 0.15) is 11.6 Å². The molecule has 0 fully saturated rings. The summed E-state index contributed by atoms with van der Waals surface area (Å²) in [6, 6.07) is 97.3. The lowest BCUT2D eigenvalue weighted by Gasteiger charge is -2.34. The Morgan fingerprint density at radius 1 is 0.239 bits per heavy atom. The number of imidazole rings is 2. The fraction of sp³-hybridized carbons (Fsp3) is 0. The Hall–Kier alpha value is -9.16. The zero-order chi connectivity index (χ0) is 46.9. The van der Waals surface area contributed by atoms with E-state index in [1.807, 2.05) is 0 Å². The maximum Gasteiger partial charge on any atom is 0.179 e. The number of rotatable bonds is 8. The Bertz CT molecular complexity index is 4020. The van der Waals surface area contributed by atoms with Crippen LogP contribution < -0.4 is 20.7 Å². The van der Waals surface area contributed by atoms with Crippen molar-refractivity contribution in [3.8, 4) is 34.2 Å². The van der Waals surface area contributed by atoms with Gasteiger partial charge in [-0.15, -0.1) is 0 Å². The molecule has 71 heavy (non-hydrogen) atoms. The normalized spacial score (nSPS) is 11.9. The van der Waals surface area contributed by atoms with Gasteiger partial charge in [0.2, 0.25) is 0 Å². The summed E-state index contributed by atoms with van der Waals surface area (Å²) in [5, 5.41) is 14.8. The third-order valence-corrected chi connectivity index (χ3v) is 19.5. The minimum atomic E-state index is -2.97. The predicted octanol–water partition coefficient (Wildman–Crippen LogP) is 13.7. The fourth-order valence-electron chi connectivity index (χ4n) is 11.6. The van der Waals surface area contributed by atoms with Gasteiger partial charge in [-0.1, -0.05) is 243 Å². The molecule has 12 aromatic carbocycles. The number of para-hydroxylation sites is 2. The van der Waals surface area contributed by atoms with Crippen LogP contribution in [-0.4, -0.2) is 27.2 Å². The van der Waals surface area contributed by atoms with E-state index in [4.69, 9.17) is 9.97 Å². The molecule has 0 spiro atoms. The summed E-state index contributed by atoms with van der Waals surface area (Å²) >= 11 is 0. The number of aromatic nitrogens is 4. The molecule has 0 saturated carbocycles. The van der Waals surface area contributed by atoms with E-state index in [-0.39, 0.29) is 0 Å². The molecule has 0 aliphatic rings. The molecule has 0 atom stereocenters. The van der Waals surface area contributed by atoms with E-state index in [0.29, 0.717) is 0 Å². The third-order valence-electron chi connectivity index (χ3n) is 14.7. The maximum atomic E-state index is 5.59. The van der Waals surface area contributed by atoms with Crippen molar-refractivity contribution < 1.29 is 0 Å². The van der Waals surface area contributed by atoms with Crippen LogP contribution in [0.2, 0.25) is 0 Å². The Morgan fingerprint density at radius 2 is 0.507 bits per heavy atom. The highest BCUT2D eigenvalue weighted by Crippen LogP contribution is 2.41. The highest BCUT2D eigenvalue weighted by Gasteiger charge is 2.41. The molecule has 0 amide bonds. The summed E-state index contributed by atoms with van der Waals surface area (Å²) in [4.78, 5) is 11.2. The molecular formula is C66H44N4Si. The average Bonchev–Trinajstić information content (AvgIpc) is 4.07. The molecule has 0 aliphatic heterocycles. The summed E-state index contributed by atoms with van der Waals surface area (Å²) in [7, 11) is -2.97. The lowest BCUT2D eigenvalue weighted by Crippen LogP contribution is -2.74. The molecule has 0 aliphatic carbocycles. The van der Waals surface area contributed by atoms with Crippen LogP contribution in [0.4, 0.5) is 0 Å². The molecule has 14 aromatic rings. The first-order chi connectivity index (χ1) is 35.3. The molecule has 2 aromatic heterocycles. The first-order valence-electron chi connectivity index (χ1n) is 24.3. The van der Waals surface area contributed by atoms with Crippen molar-refractivity contribution in [2.75, 3.05) is 0 Å². The lowest BCUT2D eigenvalue weighted by atomic mass is 10.00. The van der Waals surface area contributed by atoms with E-state index in [1.165, 1.54) is 53.1 Å². The van der Waals surface area contributed by atoms with Crippen LogP contribution in [0.1, 0.15) is 0 Å². The van der Waals surface area contributed by atoms with E-state index in [0.717, 1.165) is 67.0 Å². The molecule has 0 unspecified atom stereocenters. The molecule has 5 heteroatoms. The minimum absolute atomic E-state index is 0.914. The van der Waals surface area contributed by atoms with Gasteiger partial charge >= 0.3 is 0 Å². The Kier molecular flexibility index (Phi) is 9.51. The van der Waals surface area contributed by atoms with Crippen LogP contribution in [0, 0.1) is 0 Å². The van der Waals surface area contributed by atoms with Crippen LogP contribution in [0.15, 0.2) is 267 Å². The van der Waals surface area contributed by atoms with Gasteiger partial charge in [-0.25, -0.2) is 9.97 Å². The Balaban J connectivity index is 0.982. The molecule has 0 N–H and O–H groups in total. The van der Waals surface area contributed by atoms with Crippen molar-refractivity contribution in [2.45, 2.75) is 0 Å². The van der Waals surface area contributed by atoms with Gasteiger partial charge in [-0.2, -0.15) is 0 Å². The third kappa shape index (κ3) is 6.30. The molecular weight excluding hydrogens is 877 g/mol. The Morgan fingerprint density at radius 3 is 0.859 bits per heavy atom. The van der Waals surface area contributed by atoms with Gasteiger partial charge in [0.05, 0.1) is 22.1 Å². The second-order valence-corrected chi connectivity index (χ2v) is 22.2. The summed E-state index contributed by atoms with van der Waals surface area (Å²) < 4.78 is 4.73. The summed E-state index contributed by atoms with van der Waals surface area (Å²) in [6.45, 7) is 0. The summed E-state index contributed by atoms with van der Waals surface area (Å²) in [6.07, 6.45) is 0. The SMILES string of the molecule is c1ccc(-n2c(-c3ccc([Si](c4ccccc4)(c4ccccc4)c4ccc(-c5nc6c7ccccc7c7ccccc7c6n5-c5ccccc5)cc4)cc3)nc3c4ccccc4c4ccccc4c32)cc1. The van der Waals surface area contributed by atoms with Crippen LogP contribution in [0.25, 0.3) is 99.3 Å². The first-order valence-corrected chi connectivity index (χ1v) is 26.3. The zero-order valence-electron chi connectivity index (χ0n) is 38.7. The van der Waals surface area contributed by atoms with Crippen molar-refractivity contribution in [1.82, 2.24) is 19.1 Å². The fourth-order valence-corrected chi connectivity index (χ4v) is 16.3. The van der Waals surface area contributed by atoms with E-state index in [1.54, 1.807) is 0 Å². The largest absolute Gasteiger partial charge is 0.292 e. The van der Waals surface area contributed by atoms with Gasteiger partial charge in [0.25, 0.3) is 0 Å². The quantitative estimate of drug-likeness (QED) is 0.0865. The van der Waals surface area contributed by atoms with Crippen LogP contribution >= 0.6 is 0 Å². The smallest absolute Gasteiger partial charge is 0.179 e. The second kappa shape index (κ2) is 16.5. The number of nitrogens with zero attached hydrogens (tertiary/aromatic N) is 4. The second-order valence-electron chi connectivity index (χ2n) is 18.4. The average molecular weight is 921 g/mol. The van der Waals surface area contributed by atoms with Gasteiger partial charge in [-0.05, 0) is 66.6 Å². The highest BCUT2D eigenvalue weighted by atomic mass is 28.3. The van der Waals surface area contributed by atoms with E-state index >= 15 is 0 Å². The van der Waals surface area contributed by atoms with Crippen LogP contribution in [0.3, 0.4) is 0 Å².